The number of benzene rings is 1. The summed E-state index contributed by atoms with van der Waals surface area (Å²) in [6.45, 7) is 3.27. The Labute approximate surface area is 118 Å². The molecule has 0 aliphatic heterocycles. The number of aromatic nitrogens is 2. The number of halogens is 1. The monoisotopic (exact) mass is 274 g/mol. The molecule has 0 unspecified atom stereocenters. The largest absolute Gasteiger partial charge is 0.326 e. The zero-order valence-corrected chi connectivity index (χ0v) is 12.1. The van der Waals surface area contributed by atoms with E-state index < -0.39 is 0 Å². The number of rotatable bonds is 4. The number of nitrogens with zero attached hydrogens (tertiary/aromatic N) is 2. The van der Waals surface area contributed by atoms with Gasteiger partial charge in [-0.1, -0.05) is 6.07 Å². The summed E-state index contributed by atoms with van der Waals surface area (Å²) in [5, 5.41) is 0. The third kappa shape index (κ3) is 1.88. The fraction of sp³-hybridized carbons (Fsp3) is 0.562. The molecule has 0 saturated heterocycles. The number of alkyl halides is 1. The Morgan fingerprint density at radius 2 is 2.16 bits per heavy atom. The van der Waals surface area contributed by atoms with Crippen molar-refractivity contribution >= 4 is 22.6 Å². The molecular weight excluding hydrogens is 256 g/mol. The zero-order valence-electron chi connectivity index (χ0n) is 11.3. The topological polar surface area (TPSA) is 17.8 Å². The maximum Gasteiger partial charge on any atom is 0.124 e. The van der Waals surface area contributed by atoms with Gasteiger partial charge in [-0.25, -0.2) is 4.98 Å². The Balaban J connectivity index is 1.80. The molecule has 4 rings (SSSR count). The van der Waals surface area contributed by atoms with Crippen molar-refractivity contribution in [2.24, 2.45) is 11.3 Å². The average molecular weight is 275 g/mol. The molecule has 2 saturated carbocycles. The van der Waals surface area contributed by atoms with Gasteiger partial charge in [0, 0.05) is 6.54 Å². The van der Waals surface area contributed by atoms with Gasteiger partial charge in [0.25, 0.3) is 0 Å². The van der Waals surface area contributed by atoms with Gasteiger partial charge in [0.15, 0.2) is 0 Å². The normalized spacial score (nSPS) is 20.9. The molecule has 2 fully saturated rings. The molecule has 3 heteroatoms. The van der Waals surface area contributed by atoms with Crippen LogP contribution in [0, 0.1) is 18.3 Å². The van der Waals surface area contributed by atoms with E-state index in [1.165, 1.54) is 36.8 Å². The highest BCUT2D eigenvalue weighted by atomic mass is 35.5. The summed E-state index contributed by atoms with van der Waals surface area (Å²) in [6, 6.07) is 6.50. The summed E-state index contributed by atoms with van der Waals surface area (Å²) >= 11 is 6.10. The molecular formula is C16H19ClN2. The van der Waals surface area contributed by atoms with E-state index in [9.17, 15) is 0 Å². The third-order valence-electron chi connectivity index (χ3n) is 4.91. The second-order valence-corrected chi connectivity index (χ2v) is 6.64. The van der Waals surface area contributed by atoms with E-state index in [4.69, 9.17) is 16.6 Å². The molecule has 0 atom stereocenters. The molecule has 2 aromatic rings. The van der Waals surface area contributed by atoms with E-state index in [1.54, 1.807) is 0 Å². The summed E-state index contributed by atoms with van der Waals surface area (Å²) in [5.74, 6) is 2.52. The van der Waals surface area contributed by atoms with Crippen molar-refractivity contribution in [3.63, 3.8) is 0 Å². The summed E-state index contributed by atoms with van der Waals surface area (Å²) < 4.78 is 2.39. The van der Waals surface area contributed by atoms with Crippen LogP contribution in [0.1, 0.15) is 37.1 Å². The lowest BCUT2D eigenvalue weighted by molar-refractivity contribution is 0.371. The minimum absolute atomic E-state index is 0.508. The van der Waals surface area contributed by atoms with Crippen LogP contribution in [0.15, 0.2) is 18.2 Å². The first kappa shape index (κ1) is 11.8. The van der Waals surface area contributed by atoms with Crippen LogP contribution in [0.4, 0.5) is 0 Å². The molecule has 1 aromatic heterocycles. The molecule has 0 amide bonds. The van der Waals surface area contributed by atoms with E-state index in [1.807, 2.05) is 0 Å². The maximum absolute atomic E-state index is 6.10. The number of hydrogen-bond acceptors (Lipinski definition) is 1. The Hall–Kier alpha value is -1.02. The minimum atomic E-state index is 0.508. The van der Waals surface area contributed by atoms with Crippen LogP contribution < -0.4 is 0 Å². The van der Waals surface area contributed by atoms with Crippen LogP contribution in [0.25, 0.3) is 11.0 Å². The fourth-order valence-corrected chi connectivity index (χ4v) is 3.63. The number of imidazole rings is 1. The Bertz CT molecular complexity index is 635. The van der Waals surface area contributed by atoms with E-state index in [0.29, 0.717) is 11.3 Å². The van der Waals surface area contributed by atoms with Crippen LogP contribution in [-0.2, 0) is 12.4 Å². The molecule has 100 valence electrons. The first-order chi connectivity index (χ1) is 9.22. The number of aryl methyl sites for hydroxylation is 1. The quantitative estimate of drug-likeness (QED) is 0.761. The van der Waals surface area contributed by atoms with Crippen LogP contribution in [-0.4, -0.2) is 9.55 Å². The SMILES string of the molecule is Cc1ccc2nc(CCl)n(CC3(C4CC4)CC3)c2c1. The van der Waals surface area contributed by atoms with Crippen LogP contribution in [0.5, 0.6) is 0 Å². The van der Waals surface area contributed by atoms with Crippen molar-refractivity contribution in [3.05, 3.63) is 29.6 Å². The molecule has 2 aliphatic rings. The molecule has 19 heavy (non-hydrogen) atoms. The third-order valence-corrected chi connectivity index (χ3v) is 5.15. The molecule has 2 aliphatic carbocycles. The summed E-state index contributed by atoms with van der Waals surface area (Å²) in [7, 11) is 0. The van der Waals surface area contributed by atoms with Crippen molar-refractivity contribution in [2.45, 2.75) is 45.0 Å². The highest BCUT2D eigenvalue weighted by Gasteiger charge is 2.54. The zero-order chi connectivity index (χ0) is 13.0. The highest BCUT2D eigenvalue weighted by molar-refractivity contribution is 6.16. The van der Waals surface area contributed by atoms with Gasteiger partial charge in [-0.2, -0.15) is 0 Å². The molecule has 1 heterocycles. The Morgan fingerprint density at radius 1 is 1.37 bits per heavy atom. The van der Waals surface area contributed by atoms with Gasteiger partial charge in [-0.3, -0.25) is 0 Å². The maximum atomic E-state index is 6.10. The fourth-order valence-electron chi connectivity index (χ4n) is 3.43. The van der Waals surface area contributed by atoms with Crippen molar-refractivity contribution in [3.8, 4) is 0 Å². The second-order valence-electron chi connectivity index (χ2n) is 6.38. The standard InChI is InChI=1S/C16H19ClN2/c1-11-2-5-13-14(8-11)19(15(9-17)18-13)10-16(6-7-16)12-3-4-12/h2,5,8,12H,3-4,6-7,9-10H2,1H3. The van der Waals surface area contributed by atoms with E-state index >= 15 is 0 Å². The Morgan fingerprint density at radius 3 is 2.79 bits per heavy atom. The van der Waals surface area contributed by atoms with Gasteiger partial charge in [-0.05, 0) is 61.6 Å². The molecule has 0 spiro atoms. The van der Waals surface area contributed by atoms with E-state index in [-0.39, 0.29) is 0 Å². The summed E-state index contributed by atoms with van der Waals surface area (Å²) in [6.07, 6.45) is 5.65. The smallest absolute Gasteiger partial charge is 0.124 e. The minimum Gasteiger partial charge on any atom is -0.326 e. The summed E-state index contributed by atoms with van der Waals surface area (Å²) in [5.41, 5.74) is 4.24. The van der Waals surface area contributed by atoms with Gasteiger partial charge in [-0.15, -0.1) is 11.6 Å². The number of hydrogen-bond donors (Lipinski definition) is 0. The predicted molar refractivity (Wildman–Crippen MR) is 78.4 cm³/mol. The second kappa shape index (κ2) is 3.99. The van der Waals surface area contributed by atoms with Crippen molar-refractivity contribution < 1.29 is 0 Å². The number of fused-ring (bicyclic) bond motifs is 1. The molecule has 1 aromatic carbocycles. The first-order valence-corrected chi connectivity index (χ1v) is 7.77. The summed E-state index contributed by atoms with van der Waals surface area (Å²) in [4.78, 5) is 4.69. The van der Waals surface area contributed by atoms with Gasteiger partial charge in [0.1, 0.15) is 5.82 Å². The Kier molecular flexibility index (Phi) is 2.47. The van der Waals surface area contributed by atoms with Crippen molar-refractivity contribution in [1.82, 2.24) is 9.55 Å². The molecule has 0 N–H and O–H groups in total. The van der Waals surface area contributed by atoms with Crippen molar-refractivity contribution in [2.75, 3.05) is 0 Å². The van der Waals surface area contributed by atoms with E-state index in [0.717, 1.165) is 23.8 Å². The van der Waals surface area contributed by atoms with Crippen LogP contribution >= 0.6 is 11.6 Å². The van der Waals surface area contributed by atoms with Gasteiger partial charge in [0.2, 0.25) is 0 Å². The van der Waals surface area contributed by atoms with Gasteiger partial charge < -0.3 is 4.57 Å². The van der Waals surface area contributed by atoms with Crippen molar-refractivity contribution in [1.29, 1.82) is 0 Å². The predicted octanol–water partition coefficient (Wildman–Crippen LogP) is 4.27. The van der Waals surface area contributed by atoms with Gasteiger partial charge in [0.05, 0.1) is 16.9 Å². The average Bonchev–Trinajstić information content (AvgIpc) is 3.28. The van der Waals surface area contributed by atoms with Crippen LogP contribution in [0.3, 0.4) is 0 Å². The lowest BCUT2D eigenvalue weighted by Crippen LogP contribution is -2.15. The van der Waals surface area contributed by atoms with Gasteiger partial charge >= 0.3 is 0 Å². The molecule has 0 bridgehead atoms. The lowest BCUT2D eigenvalue weighted by Gasteiger charge is -2.17. The molecule has 0 radical (unpaired) electrons. The highest BCUT2D eigenvalue weighted by Crippen LogP contribution is 2.62. The molecule has 2 nitrogen and oxygen atoms in total. The first-order valence-electron chi connectivity index (χ1n) is 7.24. The lowest BCUT2D eigenvalue weighted by atomic mass is 10.0. The van der Waals surface area contributed by atoms with E-state index in [2.05, 4.69) is 29.7 Å². The van der Waals surface area contributed by atoms with Crippen LogP contribution in [0.2, 0.25) is 0 Å².